The number of fused-ring (bicyclic) bond motifs is 4. The summed E-state index contributed by atoms with van der Waals surface area (Å²) in [6.45, 7) is 1.35. The molecule has 1 N–H and O–H groups in total. The fourth-order valence-electron chi connectivity index (χ4n) is 3.96. The zero-order chi connectivity index (χ0) is 16.7. The van der Waals surface area contributed by atoms with E-state index in [9.17, 15) is 9.59 Å². The zero-order valence-corrected chi connectivity index (χ0v) is 13.3. The molecule has 2 aromatic rings. The number of amides is 1. The number of pyridine rings is 2. The van der Waals surface area contributed by atoms with Crippen LogP contribution in [0.4, 0.5) is 0 Å². The molecule has 6 heteroatoms. The van der Waals surface area contributed by atoms with Gasteiger partial charge in [-0.05, 0) is 30.0 Å². The molecule has 4 rings (SSSR count). The average molecular weight is 325 g/mol. The largest absolute Gasteiger partial charge is 0.387 e. The van der Waals surface area contributed by atoms with Gasteiger partial charge in [0.1, 0.15) is 6.61 Å². The number of hydrogen-bond acceptors (Lipinski definition) is 4. The van der Waals surface area contributed by atoms with Crippen molar-refractivity contribution in [3.8, 4) is 11.1 Å². The quantitative estimate of drug-likeness (QED) is 0.888. The zero-order valence-electron chi connectivity index (χ0n) is 13.3. The van der Waals surface area contributed by atoms with Crippen molar-refractivity contribution >= 4 is 5.91 Å². The first-order chi connectivity index (χ1) is 11.7. The lowest BCUT2D eigenvalue weighted by Crippen LogP contribution is -2.49. The number of rotatable bonds is 2. The minimum Gasteiger partial charge on any atom is -0.387 e. The number of aromatic nitrogens is 2. The van der Waals surface area contributed by atoms with E-state index in [-0.39, 0.29) is 23.3 Å². The van der Waals surface area contributed by atoms with Gasteiger partial charge in [0.25, 0.3) is 5.56 Å². The van der Waals surface area contributed by atoms with E-state index in [1.165, 1.54) is 0 Å². The number of likely N-dealkylation sites (tertiary alicyclic amines) is 1. The van der Waals surface area contributed by atoms with Crippen molar-refractivity contribution in [3.63, 3.8) is 0 Å². The van der Waals surface area contributed by atoms with Gasteiger partial charge < -0.3 is 14.6 Å². The van der Waals surface area contributed by atoms with Crippen LogP contribution >= 0.6 is 0 Å². The number of carbonyl (C=O) groups is 1. The number of aliphatic hydroxyl groups excluding tert-OH is 1. The highest BCUT2D eigenvalue weighted by atomic mass is 16.3. The van der Waals surface area contributed by atoms with Gasteiger partial charge in [-0.1, -0.05) is 6.07 Å². The van der Waals surface area contributed by atoms with E-state index in [4.69, 9.17) is 5.11 Å². The summed E-state index contributed by atoms with van der Waals surface area (Å²) in [5, 5.41) is 9.13. The van der Waals surface area contributed by atoms with Crippen molar-refractivity contribution in [1.82, 2.24) is 14.5 Å². The highest BCUT2D eigenvalue weighted by Crippen LogP contribution is 2.36. The molecule has 1 amide bonds. The van der Waals surface area contributed by atoms with Crippen molar-refractivity contribution in [2.75, 3.05) is 19.7 Å². The normalized spacial score (nSPS) is 22.1. The molecule has 4 heterocycles. The Kier molecular flexibility index (Phi) is 3.69. The Balaban J connectivity index is 1.75. The lowest BCUT2D eigenvalue weighted by atomic mass is 9.82. The van der Waals surface area contributed by atoms with Gasteiger partial charge in [0.15, 0.2) is 0 Å². The SMILES string of the molecule is O=C(CO)N1C[C@@H]2C[C@H](C1)c1cc(-c3cccnc3)cc(=O)n1C2. The molecule has 0 aliphatic carbocycles. The Hall–Kier alpha value is -2.47. The summed E-state index contributed by atoms with van der Waals surface area (Å²) < 4.78 is 1.85. The van der Waals surface area contributed by atoms with Crippen molar-refractivity contribution in [2.45, 2.75) is 18.9 Å². The van der Waals surface area contributed by atoms with Gasteiger partial charge in [-0.2, -0.15) is 0 Å². The molecular formula is C18H19N3O3. The van der Waals surface area contributed by atoms with E-state index in [2.05, 4.69) is 4.98 Å². The Morgan fingerprint density at radius 2 is 2.12 bits per heavy atom. The summed E-state index contributed by atoms with van der Waals surface area (Å²) in [5.74, 6) is 0.176. The van der Waals surface area contributed by atoms with Gasteiger partial charge >= 0.3 is 0 Å². The van der Waals surface area contributed by atoms with Gasteiger partial charge in [-0.25, -0.2) is 0 Å². The van der Waals surface area contributed by atoms with Crippen molar-refractivity contribution in [2.24, 2.45) is 5.92 Å². The summed E-state index contributed by atoms with van der Waals surface area (Å²) in [4.78, 5) is 30.3. The molecule has 24 heavy (non-hydrogen) atoms. The molecule has 0 spiro atoms. The predicted molar refractivity (Wildman–Crippen MR) is 88.4 cm³/mol. The van der Waals surface area contributed by atoms with Crippen LogP contribution in [-0.4, -0.2) is 45.2 Å². The molecule has 1 saturated heterocycles. The van der Waals surface area contributed by atoms with Crippen LogP contribution in [0.1, 0.15) is 18.0 Å². The van der Waals surface area contributed by atoms with Crippen molar-refractivity contribution in [1.29, 1.82) is 0 Å². The lowest BCUT2D eigenvalue weighted by Gasteiger charge is -2.42. The first-order valence-corrected chi connectivity index (χ1v) is 8.19. The first kappa shape index (κ1) is 15.1. The van der Waals surface area contributed by atoms with Crippen LogP contribution in [0.3, 0.4) is 0 Å². The van der Waals surface area contributed by atoms with Crippen LogP contribution in [0.15, 0.2) is 41.5 Å². The van der Waals surface area contributed by atoms with Crippen LogP contribution in [-0.2, 0) is 11.3 Å². The Morgan fingerprint density at radius 1 is 1.25 bits per heavy atom. The Labute approximate surface area is 139 Å². The smallest absolute Gasteiger partial charge is 0.251 e. The second kappa shape index (κ2) is 5.87. The molecular weight excluding hydrogens is 306 g/mol. The fraction of sp³-hybridized carbons (Fsp3) is 0.389. The second-order valence-corrected chi connectivity index (χ2v) is 6.61. The lowest BCUT2D eigenvalue weighted by molar-refractivity contribution is -0.136. The third-order valence-electron chi connectivity index (χ3n) is 5.04. The van der Waals surface area contributed by atoms with Gasteiger partial charge in [-0.3, -0.25) is 14.6 Å². The molecule has 2 aromatic heterocycles. The Bertz CT molecular complexity index is 831. The third kappa shape index (κ3) is 2.53. The fourth-order valence-corrected chi connectivity index (χ4v) is 3.96. The maximum absolute atomic E-state index is 12.6. The van der Waals surface area contributed by atoms with E-state index in [1.807, 2.05) is 22.8 Å². The van der Waals surface area contributed by atoms with E-state index in [0.717, 1.165) is 23.2 Å². The van der Waals surface area contributed by atoms with Gasteiger partial charge in [0.05, 0.1) is 0 Å². The summed E-state index contributed by atoms with van der Waals surface area (Å²) in [6, 6.07) is 7.50. The molecule has 2 atom stereocenters. The molecule has 1 fully saturated rings. The summed E-state index contributed by atoms with van der Waals surface area (Å²) in [7, 11) is 0. The number of carbonyl (C=O) groups excluding carboxylic acids is 1. The maximum Gasteiger partial charge on any atom is 0.251 e. The summed E-state index contributed by atoms with van der Waals surface area (Å²) >= 11 is 0. The average Bonchev–Trinajstić information content (AvgIpc) is 2.62. The number of piperidine rings is 1. The van der Waals surface area contributed by atoms with Crippen LogP contribution < -0.4 is 5.56 Å². The van der Waals surface area contributed by atoms with E-state index in [1.54, 1.807) is 23.4 Å². The monoisotopic (exact) mass is 325 g/mol. The maximum atomic E-state index is 12.6. The van der Waals surface area contributed by atoms with Crippen LogP contribution in [0.25, 0.3) is 11.1 Å². The number of nitrogens with zero attached hydrogens (tertiary/aromatic N) is 3. The first-order valence-electron chi connectivity index (χ1n) is 8.19. The topological polar surface area (TPSA) is 75.4 Å². The van der Waals surface area contributed by atoms with E-state index >= 15 is 0 Å². The van der Waals surface area contributed by atoms with Crippen LogP contribution in [0.5, 0.6) is 0 Å². The van der Waals surface area contributed by atoms with Crippen molar-refractivity contribution < 1.29 is 9.90 Å². The van der Waals surface area contributed by atoms with Crippen LogP contribution in [0, 0.1) is 5.92 Å². The van der Waals surface area contributed by atoms with E-state index < -0.39 is 6.61 Å². The highest BCUT2D eigenvalue weighted by Gasteiger charge is 2.36. The van der Waals surface area contributed by atoms with Crippen LogP contribution in [0.2, 0.25) is 0 Å². The van der Waals surface area contributed by atoms with Crippen molar-refractivity contribution in [3.05, 3.63) is 52.7 Å². The highest BCUT2D eigenvalue weighted by molar-refractivity contribution is 5.77. The minimum absolute atomic E-state index is 0.00277. The second-order valence-electron chi connectivity index (χ2n) is 6.61. The number of aliphatic hydroxyl groups is 1. The van der Waals surface area contributed by atoms with Gasteiger partial charge in [-0.15, -0.1) is 0 Å². The minimum atomic E-state index is -0.456. The standard InChI is InChI=1S/C18H19N3O3/c22-11-18(24)20-8-12-4-15(10-20)16-5-14(6-17(23)21(16)9-12)13-2-1-3-19-7-13/h1-3,5-7,12,15,22H,4,8-11H2/t12-,15+/m0/s1. The van der Waals surface area contributed by atoms with E-state index in [0.29, 0.717) is 19.6 Å². The molecule has 2 bridgehead atoms. The molecule has 2 aliphatic rings. The molecule has 0 unspecified atom stereocenters. The molecule has 0 aromatic carbocycles. The molecule has 2 aliphatic heterocycles. The van der Waals surface area contributed by atoms with Gasteiger partial charge in [0.2, 0.25) is 5.91 Å². The summed E-state index contributed by atoms with van der Waals surface area (Å²) in [6.07, 6.45) is 4.43. The molecule has 0 saturated carbocycles. The predicted octanol–water partition coefficient (Wildman–Crippen LogP) is 0.848. The molecule has 0 radical (unpaired) electrons. The third-order valence-corrected chi connectivity index (χ3v) is 5.04. The number of hydrogen-bond donors (Lipinski definition) is 1. The van der Waals surface area contributed by atoms with Gasteiger partial charge in [0, 0.05) is 55.3 Å². The Morgan fingerprint density at radius 3 is 2.88 bits per heavy atom. The summed E-state index contributed by atoms with van der Waals surface area (Å²) in [5.41, 5.74) is 2.76. The molecule has 6 nitrogen and oxygen atoms in total. The molecule has 124 valence electrons.